The molecule has 0 saturated heterocycles. The van der Waals surface area contributed by atoms with E-state index in [1.165, 1.54) is 5.56 Å². The zero-order valence-corrected chi connectivity index (χ0v) is 13.6. The van der Waals surface area contributed by atoms with E-state index < -0.39 is 0 Å². The van der Waals surface area contributed by atoms with Crippen LogP contribution in [-0.4, -0.2) is 11.0 Å². The number of furan rings is 1. The summed E-state index contributed by atoms with van der Waals surface area (Å²) in [7, 11) is 0. The van der Waals surface area contributed by atoms with Crippen LogP contribution in [-0.2, 0) is 6.42 Å². The second-order valence-electron chi connectivity index (χ2n) is 4.91. The minimum absolute atomic E-state index is 0.291. The van der Waals surface area contributed by atoms with Gasteiger partial charge in [0.05, 0.1) is 5.56 Å². The van der Waals surface area contributed by atoms with Crippen LogP contribution >= 0.6 is 12.2 Å². The van der Waals surface area contributed by atoms with Gasteiger partial charge in [-0.15, -0.1) is 0 Å². The number of thiocarbonyl (C=S) groups is 1. The van der Waals surface area contributed by atoms with E-state index in [0.29, 0.717) is 22.2 Å². The second-order valence-corrected chi connectivity index (χ2v) is 5.32. The SMILES string of the molecule is CCc1cccc(NC(=S)NNC(=O)c2cc(C)oc2C)c1. The number of hydrogen-bond acceptors (Lipinski definition) is 3. The summed E-state index contributed by atoms with van der Waals surface area (Å²) in [6, 6.07) is 9.62. The summed E-state index contributed by atoms with van der Waals surface area (Å²) >= 11 is 5.16. The fourth-order valence-electron chi connectivity index (χ4n) is 2.07. The average molecular weight is 317 g/mol. The van der Waals surface area contributed by atoms with Crippen molar-refractivity contribution >= 4 is 28.9 Å². The molecule has 1 aromatic heterocycles. The van der Waals surface area contributed by atoms with Crippen molar-refractivity contribution in [3.63, 3.8) is 0 Å². The van der Waals surface area contributed by atoms with Crippen molar-refractivity contribution in [3.05, 3.63) is 53.0 Å². The van der Waals surface area contributed by atoms with Crippen molar-refractivity contribution in [2.24, 2.45) is 0 Å². The smallest absolute Gasteiger partial charge is 0.273 e. The van der Waals surface area contributed by atoms with Crippen LogP contribution in [0.4, 0.5) is 5.69 Å². The maximum atomic E-state index is 12.0. The van der Waals surface area contributed by atoms with E-state index in [0.717, 1.165) is 12.1 Å². The van der Waals surface area contributed by atoms with E-state index in [9.17, 15) is 4.79 Å². The van der Waals surface area contributed by atoms with Crippen LogP contribution in [0.3, 0.4) is 0 Å². The van der Waals surface area contributed by atoms with E-state index >= 15 is 0 Å². The van der Waals surface area contributed by atoms with Crippen molar-refractivity contribution < 1.29 is 9.21 Å². The Morgan fingerprint density at radius 3 is 2.64 bits per heavy atom. The van der Waals surface area contributed by atoms with Crippen LogP contribution in [0.15, 0.2) is 34.7 Å². The molecule has 1 amide bonds. The average Bonchev–Trinajstić information content (AvgIpc) is 2.83. The highest BCUT2D eigenvalue weighted by atomic mass is 32.1. The molecule has 0 fully saturated rings. The standard InChI is InChI=1S/C16H19N3O2S/c1-4-12-6-5-7-13(9-12)17-16(22)19-18-15(20)14-8-10(2)21-11(14)3/h5-9H,4H2,1-3H3,(H,18,20)(H2,17,19,22). The number of aryl methyl sites for hydroxylation is 3. The van der Waals surface area contributed by atoms with Crippen molar-refractivity contribution in [1.29, 1.82) is 0 Å². The van der Waals surface area contributed by atoms with Gasteiger partial charge in [-0.3, -0.25) is 15.6 Å². The molecule has 2 rings (SSSR count). The van der Waals surface area contributed by atoms with E-state index in [-0.39, 0.29) is 5.91 Å². The van der Waals surface area contributed by atoms with Gasteiger partial charge in [0.25, 0.3) is 5.91 Å². The van der Waals surface area contributed by atoms with E-state index in [4.69, 9.17) is 16.6 Å². The predicted octanol–water partition coefficient (Wildman–Crippen LogP) is 3.09. The number of nitrogens with one attached hydrogen (secondary N) is 3. The number of carbonyl (C=O) groups is 1. The van der Waals surface area contributed by atoms with Crippen molar-refractivity contribution in [2.75, 3.05) is 5.32 Å². The summed E-state index contributed by atoms with van der Waals surface area (Å²) in [5, 5.41) is 3.34. The molecule has 0 spiro atoms. The maximum absolute atomic E-state index is 12.0. The van der Waals surface area contributed by atoms with Gasteiger partial charge in [0.2, 0.25) is 0 Å². The molecule has 1 heterocycles. The number of carbonyl (C=O) groups excluding carboxylic acids is 1. The fraction of sp³-hybridized carbons (Fsp3) is 0.250. The number of benzene rings is 1. The predicted molar refractivity (Wildman–Crippen MR) is 90.8 cm³/mol. The molecule has 22 heavy (non-hydrogen) atoms. The lowest BCUT2D eigenvalue weighted by molar-refractivity contribution is 0.0942. The second kappa shape index (κ2) is 7.09. The van der Waals surface area contributed by atoms with Crippen molar-refractivity contribution in [3.8, 4) is 0 Å². The Morgan fingerprint density at radius 1 is 1.23 bits per heavy atom. The summed E-state index contributed by atoms with van der Waals surface area (Å²) in [5.74, 6) is 0.979. The molecular formula is C16H19N3O2S. The Labute approximate surface area is 135 Å². The van der Waals surface area contributed by atoms with Gasteiger partial charge in [0, 0.05) is 5.69 Å². The minimum atomic E-state index is -0.291. The third-order valence-electron chi connectivity index (χ3n) is 3.17. The van der Waals surface area contributed by atoms with Crippen LogP contribution in [0.1, 0.15) is 34.4 Å². The zero-order valence-electron chi connectivity index (χ0n) is 12.8. The van der Waals surface area contributed by atoms with Crippen LogP contribution in [0.25, 0.3) is 0 Å². The van der Waals surface area contributed by atoms with Crippen LogP contribution in [0, 0.1) is 13.8 Å². The summed E-state index contributed by atoms with van der Waals surface area (Å²) < 4.78 is 5.33. The Morgan fingerprint density at radius 2 is 2.00 bits per heavy atom. The highest BCUT2D eigenvalue weighted by molar-refractivity contribution is 7.80. The van der Waals surface area contributed by atoms with Gasteiger partial charge in [-0.1, -0.05) is 19.1 Å². The molecule has 0 saturated carbocycles. The Kier molecular flexibility index (Phi) is 5.16. The lowest BCUT2D eigenvalue weighted by Crippen LogP contribution is -2.43. The van der Waals surface area contributed by atoms with E-state index in [2.05, 4.69) is 23.1 Å². The van der Waals surface area contributed by atoms with Crippen LogP contribution < -0.4 is 16.2 Å². The van der Waals surface area contributed by atoms with Gasteiger partial charge in [-0.25, -0.2) is 0 Å². The topological polar surface area (TPSA) is 66.3 Å². The third-order valence-corrected chi connectivity index (χ3v) is 3.37. The zero-order chi connectivity index (χ0) is 16.1. The molecule has 0 aliphatic carbocycles. The molecule has 1 aromatic carbocycles. The molecule has 6 heteroatoms. The Bertz CT molecular complexity index is 694. The maximum Gasteiger partial charge on any atom is 0.273 e. The normalized spacial score (nSPS) is 10.1. The first-order valence-electron chi connectivity index (χ1n) is 7.03. The molecule has 0 aliphatic heterocycles. The number of amides is 1. The summed E-state index contributed by atoms with van der Waals surface area (Å²) in [6.07, 6.45) is 0.950. The molecule has 2 aromatic rings. The number of anilines is 1. The first-order chi connectivity index (χ1) is 10.5. The molecule has 0 aliphatic rings. The molecule has 116 valence electrons. The van der Waals surface area contributed by atoms with Gasteiger partial charge >= 0.3 is 0 Å². The molecule has 0 unspecified atom stereocenters. The number of hydrazine groups is 1. The third kappa shape index (κ3) is 4.08. The minimum Gasteiger partial charge on any atom is -0.466 e. The number of rotatable bonds is 3. The van der Waals surface area contributed by atoms with E-state index in [1.807, 2.05) is 24.3 Å². The van der Waals surface area contributed by atoms with E-state index in [1.54, 1.807) is 19.9 Å². The molecule has 0 bridgehead atoms. The Balaban J connectivity index is 1.90. The van der Waals surface area contributed by atoms with Gasteiger partial charge in [0.1, 0.15) is 11.5 Å². The lowest BCUT2D eigenvalue weighted by Gasteiger charge is -2.12. The molecular weight excluding hydrogens is 298 g/mol. The first kappa shape index (κ1) is 16.0. The monoisotopic (exact) mass is 317 g/mol. The fourth-order valence-corrected chi connectivity index (χ4v) is 2.24. The lowest BCUT2D eigenvalue weighted by atomic mass is 10.1. The van der Waals surface area contributed by atoms with Crippen molar-refractivity contribution in [1.82, 2.24) is 10.9 Å². The largest absolute Gasteiger partial charge is 0.466 e. The van der Waals surface area contributed by atoms with Crippen molar-refractivity contribution in [2.45, 2.75) is 27.2 Å². The molecule has 0 atom stereocenters. The first-order valence-corrected chi connectivity index (χ1v) is 7.43. The van der Waals surface area contributed by atoms with Gasteiger partial charge in [-0.2, -0.15) is 0 Å². The van der Waals surface area contributed by atoms with Crippen LogP contribution in [0.5, 0.6) is 0 Å². The molecule has 0 radical (unpaired) electrons. The summed E-state index contributed by atoms with van der Waals surface area (Å²) in [6.45, 7) is 5.63. The summed E-state index contributed by atoms with van der Waals surface area (Å²) in [5.41, 5.74) is 7.80. The van der Waals surface area contributed by atoms with Gasteiger partial charge in [-0.05, 0) is 56.2 Å². The van der Waals surface area contributed by atoms with Gasteiger partial charge < -0.3 is 9.73 Å². The quantitative estimate of drug-likeness (QED) is 0.600. The number of hydrogen-bond donors (Lipinski definition) is 3. The van der Waals surface area contributed by atoms with Crippen LogP contribution in [0.2, 0.25) is 0 Å². The molecule has 3 N–H and O–H groups in total. The molecule has 5 nitrogen and oxygen atoms in total. The Hall–Kier alpha value is -2.34. The summed E-state index contributed by atoms with van der Waals surface area (Å²) in [4.78, 5) is 12.0. The highest BCUT2D eigenvalue weighted by Crippen LogP contribution is 2.13. The highest BCUT2D eigenvalue weighted by Gasteiger charge is 2.13. The van der Waals surface area contributed by atoms with Gasteiger partial charge in [0.15, 0.2) is 5.11 Å².